The van der Waals surface area contributed by atoms with E-state index in [0.717, 1.165) is 16.8 Å². The minimum atomic E-state index is 0.0274. The molecule has 0 fully saturated rings. The summed E-state index contributed by atoms with van der Waals surface area (Å²) in [7, 11) is 3.30. The van der Waals surface area contributed by atoms with Crippen molar-refractivity contribution in [3.63, 3.8) is 0 Å². The summed E-state index contributed by atoms with van der Waals surface area (Å²) in [5.41, 5.74) is 2.94. The maximum atomic E-state index is 12.0. The van der Waals surface area contributed by atoms with Crippen LogP contribution < -0.4 is 25.4 Å². The van der Waals surface area contributed by atoms with Gasteiger partial charge < -0.3 is 25.4 Å². The number of amides is 1. The van der Waals surface area contributed by atoms with Crippen molar-refractivity contribution < 1.29 is 14.3 Å². The van der Waals surface area contributed by atoms with Crippen molar-refractivity contribution in [1.29, 1.82) is 0 Å². The molecule has 2 aromatic rings. The lowest BCUT2D eigenvalue weighted by atomic mass is 9.90. The molecule has 3 rings (SSSR count). The SMILES string of the molecule is CCOc1c(Cl)cc(CNC(=NC)NCC2CC(=O)Nc3ccccc32)cc1OC. The molecule has 0 saturated heterocycles. The fourth-order valence-corrected chi connectivity index (χ4v) is 3.76. The van der Waals surface area contributed by atoms with Gasteiger partial charge in [-0.1, -0.05) is 29.8 Å². The smallest absolute Gasteiger partial charge is 0.225 e. The molecule has 1 atom stereocenters. The number of fused-ring (bicyclic) bond motifs is 1. The number of benzene rings is 2. The third-order valence-corrected chi connectivity index (χ3v) is 5.16. The van der Waals surface area contributed by atoms with Gasteiger partial charge in [0.2, 0.25) is 5.91 Å². The van der Waals surface area contributed by atoms with Gasteiger partial charge in [0.1, 0.15) is 0 Å². The van der Waals surface area contributed by atoms with Crippen LogP contribution in [0.2, 0.25) is 5.02 Å². The zero-order chi connectivity index (χ0) is 21.5. The van der Waals surface area contributed by atoms with Gasteiger partial charge >= 0.3 is 0 Å². The number of ether oxygens (including phenoxy) is 2. The van der Waals surface area contributed by atoms with E-state index in [9.17, 15) is 4.79 Å². The second-order valence-corrected chi connectivity index (χ2v) is 7.29. The molecule has 1 aliphatic heterocycles. The van der Waals surface area contributed by atoms with E-state index in [1.807, 2.05) is 43.3 Å². The van der Waals surface area contributed by atoms with Crippen LogP contribution >= 0.6 is 11.6 Å². The van der Waals surface area contributed by atoms with Crippen molar-refractivity contribution in [2.45, 2.75) is 25.8 Å². The van der Waals surface area contributed by atoms with Crippen LogP contribution in [0, 0.1) is 0 Å². The molecule has 0 bridgehead atoms. The Morgan fingerprint density at radius 1 is 1.30 bits per heavy atom. The van der Waals surface area contributed by atoms with E-state index >= 15 is 0 Å². The highest BCUT2D eigenvalue weighted by atomic mass is 35.5. The number of nitrogens with zero attached hydrogens (tertiary/aromatic N) is 1. The molecule has 1 aliphatic rings. The van der Waals surface area contributed by atoms with Gasteiger partial charge in [-0.25, -0.2) is 0 Å². The van der Waals surface area contributed by atoms with Gasteiger partial charge in [-0.15, -0.1) is 0 Å². The standard InChI is InChI=1S/C22H27ClN4O3/c1-4-30-21-17(23)9-14(10-19(21)29-3)12-25-22(24-2)26-13-15-11-20(28)27-18-8-6-5-7-16(15)18/h5-10,15H,4,11-13H2,1-3H3,(H,27,28)(H2,24,25,26). The third kappa shape index (κ3) is 5.16. The molecule has 1 heterocycles. The lowest BCUT2D eigenvalue weighted by Gasteiger charge is -2.26. The van der Waals surface area contributed by atoms with Gasteiger partial charge in [0, 0.05) is 38.2 Å². The maximum Gasteiger partial charge on any atom is 0.225 e. The van der Waals surface area contributed by atoms with Crippen LogP contribution in [0.4, 0.5) is 5.69 Å². The van der Waals surface area contributed by atoms with E-state index in [1.54, 1.807) is 14.2 Å². The summed E-state index contributed by atoms with van der Waals surface area (Å²) in [6.45, 7) is 3.50. The van der Waals surface area contributed by atoms with Crippen molar-refractivity contribution in [2.24, 2.45) is 4.99 Å². The molecule has 2 aromatic carbocycles. The molecular weight excluding hydrogens is 404 g/mol. The van der Waals surface area contributed by atoms with E-state index in [-0.39, 0.29) is 11.8 Å². The number of para-hydroxylation sites is 1. The Kier molecular flexibility index (Phi) is 7.41. The van der Waals surface area contributed by atoms with Crippen molar-refractivity contribution in [3.8, 4) is 11.5 Å². The molecule has 0 saturated carbocycles. The molecule has 30 heavy (non-hydrogen) atoms. The lowest BCUT2D eigenvalue weighted by molar-refractivity contribution is -0.116. The summed E-state index contributed by atoms with van der Waals surface area (Å²) in [6, 6.07) is 11.6. The molecule has 1 amide bonds. The summed E-state index contributed by atoms with van der Waals surface area (Å²) in [6.07, 6.45) is 0.437. The van der Waals surface area contributed by atoms with E-state index in [2.05, 4.69) is 20.9 Å². The Morgan fingerprint density at radius 3 is 2.83 bits per heavy atom. The van der Waals surface area contributed by atoms with Gasteiger partial charge in [0.25, 0.3) is 0 Å². The fraction of sp³-hybridized carbons (Fsp3) is 0.364. The molecule has 160 valence electrons. The number of aliphatic imine (C=N–C) groups is 1. The van der Waals surface area contributed by atoms with Gasteiger partial charge in [0.15, 0.2) is 17.5 Å². The molecular formula is C22H27ClN4O3. The predicted octanol–water partition coefficient (Wildman–Crippen LogP) is 3.54. The first-order valence-corrected chi connectivity index (χ1v) is 10.3. The first kappa shape index (κ1) is 21.8. The van der Waals surface area contributed by atoms with Gasteiger partial charge in [-0.2, -0.15) is 0 Å². The van der Waals surface area contributed by atoms with Crippen LogP contribution in [0.25, 0.3) is 0 Å². The third-order valence-electron chi connectivity index (χ3n) is 4.88. The number of hydrogen-bond acceptors (Lipinski definition) is 4. The molecule has 7 nitrogen and oxygen atoms in total. The minimum absolute atomic E-state index is 0.0274. The molecule has 0 spiro atoms. The van der Waals surface area contributed by atoms with Crippen molar-refractivity contribution in [3.05, 3.63) is 52.5 Å². The largest absolute Gasteiger partial charge is 0.493 e. The van der Waals surface area contributed by atoms with Gasteiger partial charge in [0.05, 0.1) is 18.7 Å². The topological polar surface area (TPSA) is 84.0 Å². The molecule has 1 unspecified atom stereocenters. The Balaban J connectivity index is 1.62. The van der Waals surface area contributed by atoms with Crippen LogP contribution in [-0.2, 0) is 11.3 Å². The van der Waals surface area contributed by atoms with Crippen LogP contribution in [0.3, 0.4) is 0 Å². The average Bonchev–Trinajstić information content (AvgIpc) is 2.75. The Bertz CT molecular complexity index is 933. The minimum Gasteiger partial charge on any atom is -0.493 e. The highest BCUT2D eigenvalue weighted by Crippen LogP contribution is 2.36. The zero-order valence-corrected chi connectivity index (χ0v) is 18.2. The number of methoxy groups -OCH3 is 1. The second-order valence-electron chi connectivity index (χ2n) is 6.89. The second kappa shape index (κ2) is 10.2. The molecule has 0 aromatic heterocycles. The number of carbonyl (C=O) groups is 1. The Labute approximate surface area is 181 Å². The molecule has 8 heteroatoms. The number of guanidine groups is 1. The maximum absolute atomic E-state index is 12.0. The van der Waals surface area contributed by atoms with Crippen molar-refractivity contribution in [2.75, 3.05) is 32.6 Å². The summed E-state index contributed by atoms with van der Waals surface area (Å²) in [4.78, 5) is 16.3. The predicted molar refractivity (Wildman–Crippen MR) is 120 cm³/mol. The Hall–Kier alpha value is -2.93. The number of hydrogen-bond donors (Lipinski definition) is 3. The number of carbonyl (C=O) groups excluding carboxylic acids is 1. The summed E-state index contributed by atoms with van der Waals surface area (Å²) in [5.74, 6) is 1.88. The Morgan fingerprint density at radius 2 is 2.10 bits per heavy atom. The number of anilines is 1. The van der Waals surface area contributed by atoms with E-state index < -0.39 is 0 Å². The number of rotatable bonds is 7. The number of nitrogens with one attached hydrogen (secondary N) is 3. The van der Waals surface area contributed by atoms with E-state index in [0.29, 0.717) is 48.6 Å². The van der Waals surface area contributed by atoms with E-state index in [4.69, 9.17) is 21.1 Å². The highest BCUT2D eigenvalue weighted by molar-refractivity contribution is 6.32. The monoisotopic (exact) mass is 430 g/mol. The first-order chi connectivity index (χ1) is 14.5. The van der Waals surface area contributed by atoms with Crippen LogP contribution in [0.1, 0.15) is 30.4 Å². The first-order valence-electron chi connectivity index (χ1n) is 9.88. The molecule has 0 radical (unpaired) electrons. The van der Waals surface area contributed by atoms with Crippen LogP contribution in [-0.4, -0.2) is 39.2 Å². The average molecular weight is 431 g/mol. The highest BCUT2D eigenvalue weighted by Gasteiger charge is 2.24. The van der Waals surface area contributed by atoms with Crippen LogP contribution in [0.5, 0.6) is 11.5 Å². The number of halogens is 1. The summed E-state index contributed by atoms with van der Waals surface area (Å²) < 4.78 is 11.0. The summed E-state index contributed by atoms with van der Waals surface area (Å²) in [5, 5.41) is 10.0. The molecule has 0 aliphatic carbocycles. The fourth-order valence-electron chi connectivity index (χ4n) is 3.47. The quantitative estimate of drug-likeness (QED) is 0.462. The van der Waals surface area contributed by atoms with Gasteiger partial charge in [-0.3, -0.25) is 9.79 Å². The summed E-state index contributed by atoms with van der Waals surface area (Å²) >= 11 is 6.35. The van der Waals surface area contributed by atoms with Crippen molar-refractivity contribution in [1.82, 2.24) is 10.6 Å². The van der Waals surface area contributed by atoms with E-state index in [1.165, 1.54) is 0 Å². The van der Waals surface area contributed by atoms with Crippen LogP contribution in [0.15, 0.2) is 41.4 Å². The van der Waals surface area contributed by atoms with Crippen molar-refractivity contribution >= 4 is 29.2 Å². The van der Waals surface area contributed by atoms with Gasteiger partial charge in [-0.05, 0) is 36.2 Å². The lowest BCUT2D eigenvalue weighted by Crippen LogP contribution is -2.40. The zero-order valence-electron chi connectivity index (χ0n) is 17.4. The molecule has 3 N–H and O–H groups in total. The normalized spacial score (nSPS) is 15.8.